The number of carbonyl (C=O) groups excluding carboxylic acids is 1. The number of ether oxygens (including phenoxy) is 1. The summed E-state index contributed by atoms with van der Waals surface area (Å²) < 4.78 is 5.86. The Kier molecular flexibility index (Phi) is 6.89. The van der Waals surface area contributed by atoms with Crippen molar-refractivity contribution in [1.29, 1.82) is 0 Å². The maximum Gasteiger partial charge on any atom is 0.237 e. The molecule has 2 aromatic carbocycles. The van der Waals surface area contributed by atoms with E-state index >= 15 is 0 Å². The first-order valence-corrected chi connectivity index (χ1v) is 10.6. The van der Waals surface area contributed by atoms with Gasteiger partial charge in [-0.15, -0.1) is 10.2 Å². The van der Waals surface area contributed by atoms with E-state index in [0.29, 0.717) is 5.13 Å². The van der Waals surface area contributed by atoms with Crippen molar-refractivity contribution in [2.24, 2.45) is 0 Å². The highest BCUT2D eigenvalue weighted by molar-refractivity contribution is 8.02. The number of amides is 1. The highest BCUT2D eigenvalue weighted by atomic mass is 32.2. The molecule has 0 bridgehead atoms. The fraction of sp³-hybridized carbons (Fsp3) is 0.250. The van der Waals surface area contributed by atoms with Crippen LogP contribution in [0.2, 0.25) is 0 Å². The van der Waals surface area contributed by atoms with Crippen LogP contribution in [0.3, 0.4) is 0 Å². The van der Waals surface area contributed by atoms with Gasteiger partial charge in [0.05, 0.1) is 12.4 Å². The molecule has 3 aromatic rings. The number of benzene rings is 2. The minimum Gasteiger partial charge on any atom is -0.497 e. The van der Waals surface area contributed by atoms with Gasteiger partial charge in [-0.25, -0.2) is 0 Å². The molecule has 0 radical (unpaired) electrons. The Morgan fingerprint density at radius 1 is 1.11 bits per heavy atom. The van der Waals surface area contributed by atoms with E-state index in [0.717, 1.165) is 27.9 Å². The molecule has 0 fully saturated rings. The molecule has 8 heteroatoms. The van der Waals surface area contributed by atoms with Gasteiger partial charge in [0.1, 0.15) is 5.75 Å². The van der Waals surface area contributed by atoms with Crippen molar-refractivity contribution in [2.75, 3.05) is 17.7 Å². The van der Waals surface area contributed by atoms with Crippen molar-refractivity contribution < 1.29 is 9.53 Å². The lowest BCUT2D eigenvalue weighted by atomic mass is 10.1. The van der Waals surface area contributed by atoms with Crippen LogP contribution in [0.25, 0.3) is 0 Å². The zero-order chi connectivity index (χ0) is 19.9. The molecule has 0 aliphatic heterocycles. The fourth-order valence-corrected chi connectivity index (χ4v) is 4.29. The van der Waals surface area contributed by atoms with Crippen LogP contribution in [0.5, 0.6) is 5.75 Å². The largest absolute Gasteiger partial charge is 0.497 e. The number of anilines is 3. The van der Waals surface area contributed by atoms with Gasteiger partial charge in [0.2, 0.25) is 11.0 Å². The molecule has 0 spiro atoms. The molecule has 0 aliphatic rings. The van der Waals surface area contributed by atoms with E-state index in [1.165, 1.54) is 28.7 Å². The van der Waals surface area contributed by atoms with Crippen molar-refractivity contribution >= 4 is 45.5 Å². The van der Waals surface area contributed by atoms with E-state index in [1.807, 2.05) is 43.3 Å². The Hall–Kier alpha value is -2.58. The third kappa shape index (κ3) is 5.46. The van der Waals surface area contributed by atoms with Gasteiger partial charge in [0.25, 0.3) is 0 Å². The highest BCUT2D eigenvalue weighted by Crippen LogP contribution is 2.31. The van der Waals surface area contributed by atoms with Gasteiger partial charge in [-0.2, -0.15) is 0 Å². The Morgan fingerprint density at radius 2 is 1.79 bits per heavy atom. The zero-order valence-corrected chi connectivity index (χ0v) is 17.6. The van der Waals surface area contributed by atoms with Crippen molar-refractivity contribution in [2.45, 2.75) is 29.9 Å². The lowest BCUT2D eigenvalue weighted by Crippen LogP contribution is -2.22. The third-order valence-electron chi connectivity index (χ3n) is 4.02. The van der Waals surface area contributed by atoms with Crippen molar-refractivity contribution in [1.82, 2.24) is 10.2 Å². The molecule has 1 aromatic heterocycles. The molecule has 3 rings (SSSR count). The van der Waals surface area contributed by atoms with Crippen molar-refractivity contribution in [3.05, 3.63) is 54.1 Å². The van der Waals surface area contributed by atoms with Crippen LogP contribution in [0.15, 0.2) is 52.9 Å². The molecule has 0 saturated heterocycles. The molecule has 1 atom stereocenters. The number of methoxy groups -OCH3 is 1. The number of hydrogen-bond acceptors (Lipinski definition) is 7. The second-order valence-electron chi connectivity index (χ2n) is 6.03. The second kappa shape index (κ2) is 9.57. The van der Waals surface area contributed by atoms with Crippen molar-refractivity contribution in [3.63, 3.8) is 0 Å². The monoisotopic (exact) mass is 414 g/mol. The summed E-state index contributed by atoms with van der Waals surface area (Å²) in [5.74, 6) is 0.661. The number of nitrogens with one attached hydrogen (secondary N) is 2. The number of thioether (sulfide) groups is 1. The Balaban J connectivity index is 1.54. The number of nitrogens with zero attached hydrogens (tertiary/aromatic N) is 2. The summed E-state index contributed by atoms with van der Waals surface area (Å²) in [5.41, 5.74) is 2.99. The Labute approximate surface area is 172 Å². The predicted octanol–water partition coefficient (Wildman–Crippen LogP) is 4.97. The Morgan fingerprint density at radius 3 is 2.43 bits per heavy atom. The molecule has 0 saturated carbocycles. The molecule has 1 heterocycles. The second-order valence-corrected chi connectivity index (χ2v) is 8.59. The molecule has 0 aliphatic carbocycles. The van der Waals surface area contributed by atoms with E-state index in [4.69, 9.17) is 4.74 Å². The molecule has 28 heavy (non-hydrogen) atoms. The Bertz CT molecular complexity index is 911. The first-order chi connectivity index (χ1) is 13.6. The first kappa shape index (κ1) is 20.2. The predicted molar refractivity (Wildman–Crippen MR) is 116 cm³/mol. The standard InChI is InChI=1S/C20H22N4O2S2/c1-4-14-5-7-16(8-6-14)22-19-23-24-20(28-19)27-13(2)18(25)21-15-9-11-17(26-3)12-10-15/h5-13H,4H2,1-3H3,(H,21,25)(H,22,23)/t13-/m1/s1. The lowest BCUT2D eigenvalue weighted by Gasteiger charge is -2.10. The SMILES string of the molecule is CCc1ccc(Nc2nnc(S[C@H](C)C(=O)Nc3ccc(OC)cc3)s2)cc1. The minimum atomic E-state index is -0.299. The summed E-state index contributed by atoms with van der Waals surface area (Å²) in [6, 6.07) is 15.5. The normalized spacial score (nSPS) is 11.7. The van der Waals surface area contributed by atoms with Gasteiger partial charge in [0, 0.05) is 11.4 Å². The quantitative estimate of drug-likeness (QED) is 0.507. The number of aromatic nitrogens is 2. The molecular weight excluding hydrogens is 392 g/mol. The molecule has 2 N–H and O–H groups in total. The number of carbonyl (C=O) groups is 1. The van der Waals surface area contributed by atoms with E-state index in [1.54, 1.807) is 7.11 Å². The van der Waals surface area contributed by atoms with Crippen LogP contribution in [0.1, 0.15) is 19.4 Å². The smallest absolute Gasteiger partial charge is 0.237 e. The summed E-state index contributed by atoms with van der Waals surface area (Å²) in [5, 5.41) is 14.9. The summed E-state index contributed by atoms with van der Waals surface area (Å²) in [6.45, 7) is 3.98. The van der Waals surface area contributed by atoms with Gasteiger partial charge in [-0.3, -0.25) is 4.79 Å². The summed E-state index contributed by atoms with van der Waals surface area (Å²) in [6.07, 6.45) is 1.01. The maximum absolute atomic E-state index is 12.4. The highest BCUT2D eigenvalue weighted by Gasteiger charge is 2.17. The van der Waals surface area contributed by atoms with Crippen LogP contribution >= 0.6 is 23.1 Å². The zero-order valence-electron chi connectivity index (χ0n) is 15.9. The number of rotatable bonds is 8. The van der Waals surface area contributed by atoms with Crippen LogP contribution in [0.4, 0.5) is 16.5 Å². The topological polar surface area (TPSA) is 76.1 Å². The average Bonchev–Trinajstić information content (AvgIpc) is 3.15. The average molecular weight is 415 g/mol. The van der Waals surface area contributed by atoms with Gasteiger partial charge in [0.15, 0.2) is 4.34 Å². The van der Waals surface area contributed by atoms with E-state index in [-0.39, 0.29) is 11.2 Å². The minimum absolute atomic E-state index is 0.0879. The van der Waals surface area contributed by atoms with Gasteiger partial charge in [-0.05, 0) is 55.3 Å². The van der Waals surface area contributed by atoms with E-state index in [9.17, 15) is 4.79 Å². The van der Waals surface area contributed by atoms with Gasteiger partial charge in [-0.1, -0.05) is 42.2 Å². The van der Waals surface area contributed by atoms with Gasteiger partial charge < -0.3 is 15.4 Å². The summed E-state index contributed by atoms with van der Waals surface area (Å²) in [4.78, 5) is 12.4. The van der Waals surface area contributed by atoms with Crippen LogP contribution in [0, 0.1) is 0 Å². The molecule has 6 nitrogen and oxygen atoms in total. The molecular formula is C20H22N4O2S2. The van der Waals surface area contributed by atoms with E-state index in [2.05, 4.69) is 39.9 Å². The van der Waals surface area contributed by atoms with Crippen LogP contribution in [-0.4, -0.2) is 28.5 Å². The van der Waals surface area contributed by atoms with Crippen LogP contribution < -0.4 is 15.4 Å². The third-order valence-corrected chi connectivity index (χ3v) is 6.05. The first-order valence-electron chi connectivity index (χ1n) is 8.88. The molecule has 1 amide bonds. The summed E-state index contributed by atoms with van der Waals surface area (Å²) >= 11 is 2.81. The lowest BCUT2D eigenvalue weighted by molar-refractivity contribution is -0.115. The molecule has 146 valence electrons. The fourth-order valence-electron chi connectivity index (χ4n) is 2.38. The number of hydrogen-bond donors (Lipinski definition) is 2. The van der Waals surface area contributed by atoms with Crippen LogP contribution in [-0.2, 0) is 11.2 Å². The van der Waals surface area contributed by atoms with Crippen molar-refractivity contribution in [3.8, 4) is 5.75 Å². The molecule has 0 unspecified atom stereocenters. The van der Waals surface area contributed by atoms with Gasteiger partial charge >= 0.3 is 0 Å². The van der Waals surface area contributed by atoms with E-state index < -0.39 is 0 Å². The number of aryl methyl sites for hydroxylation is 1. The maximum atomic E-state index is 12.4. The summed E-state index contributed by atoms with van der Waals surface area (Å²) in [7, 11) is 1.61.